The molecule has 9 heteroatoms. The Morgan fingerprint density at radius 3 is 2.71 bits per heavy atom. The number of thiol groups is 1. The largest absolute Gasteiger partial charge is 0.366 e. The van der Waals surface area contributed by atoms with Crippen molar-refractivity contribution in [3.8, 4) is 6.07 Å². The SMILES string of the molecule is C=C/C=C(\S)C(=O)N1CCN(c2c(C#N)c(=O)n(Cc3cccnc3)c3ncc(C)cc23)CC1. The van der Waals surface area contributed by atoms with Crippen LogP contribution in [0.2, 0.25) is 0 Å². The molecule has 3 aromatic heterocycles. The summed E-state index contributed by atoms with van der Waals surface area (Å²) in [7, 11) is 0. The molecule has 1 fully saturated rings. The number of hydrogen-bond acceptors (Lipinski definition) is 7. The van der Waals surface area contributed by atoms with Gasteiger partial charge >= 0.3 is 0 Å². The van der Waals surface area contributed by atoms with Crippen molar-refractivity contribution in [3.05, 3.63) is 87.5 Å². The number of hydrogen-bond donors (Lipinski definition) is 1. The van der Waals surface area contributed by atoms with Crippen molar-refractivity contribution < 1.29 is 4.79 Å². The van der Waals surface area contributed by atoms with Gasteiger partial charge in [-0.05, 0) is 36.3 Å². The number of aryl methyl sites for hydroxylation is 1. The summed E-state index contributed by atoms with van der Waals surface area (Å²) in [5.74, 6) is -0.169. The lowest BCUT2D eigenvalue weighted by Crippen LogP contribution is -2.49. The molecular formula is C25H24N6O2S. The molecule has 1 aliphatic rings. The molecule has 0 N–H and O–H groups in total. The van der Waals surface area contributed by atoms with Crippen LogP contribution in [0.4, 0.5) is 5.69 Å². The van der Waals surface area contributed by atoms with Crippen LogP contribution < -0.4 is 10.5 Å². The van der Waals surface area contributed by atoms with Gasteiger partial charge in [0.15, 0.2) is 0 Å². The second-order valence-corrected chi connectivity index (χ2v) is 8.52. The van der Waals surface area contributed by atoms with Gasteiger partial charge in [-0.2, -0.15) is 5.26 Å². The lowest BCUT2D eigenvalue weighted by molar-refractivity contribution is -0.126. The Morgan fingerprint density at radius 1 is 1.29 bits per heavy atom. The van der Waals surface area contributed by atoms with Crippen LogP contribution in [0.25, 0.3) is 11.0 Å². The smallest absolute Gasteiger partial charge is 0.272 e. The minimum absolute atomic E-state index is 0.0741. The van der Waals surface area contributed by atoms with Crippen LogP contribution in [0, 0.1) is 18.3 Å². The molecule has 34 heavy (non-hydrogen) atoms. The molecule has 0 bridgehead atoms. The van der Waals surface area contributed by atoms with Gasteiger partial charge in [0.05, 0.1) is 17.1 Å². The monoisotopic (exact) mass is 472 g/mol. The second-order valence-electron chi connectivity index (χ2n) is 8.04. The van der Waals surface area contributed by atoms with Crippen molar-refractivity contribution in [3.63, 3.8) is 0 Å². The molecule has 1 saturated heterocycles. The molecule has 4 heterocycles. The molecule has 8 nitrogen and oxygen atoms in total. The highest BCUT2D eigenvalue weighted by molar-refractivity contribution is 7.85. The normalized spacial score (nSPS) is 14.2. The number of pyridine rings is 3. The highest BCUT2D eigenvalue weighted by atomic mass is 32.1. The number of fused-ring (bicyclic) bond motifs is 1. The summed E-state index contributed by atoms with van der Waals surface area (Å²) in [6.07, 6.45) is 8.17. The van der Waals surface area contributed by atoms with Crippen LogP contribution in [-0.4, -0.2) is 51.5 Å². The predicted molar refractivity (Wildman–Crippen MR) is 135 cm³/mol. The van der Waals surface area contributed by atoms with Crippen LogP contribution in [0.15, 0.2) is 65.2 Å². The summed E-state index contributed by atoms with van der Waals surface area (Å²) in [5.41, 5.74) is 2.53. The molecule has 3 aromatic rings. The van der Waals surface area contributed by atoms with Crippen LogP contribution in [0.1, 0.15) is 16.7 Å². The van der Waals surface area contributed by atoms with E-state index in [1.165, 1.54) is 10.6 Å². The highest BCUT2D eigenvalue weighted by Crippen LogP contribution is 2.30. The van der Waals surface area contributed by atoms with Gasteiger partial charge in [0.25, 0.3) is 11.5 Å². The summed E-state index contributed by atoms with van der Waals surface area (Å²) >= 11 is 4.25. The van der Waals surface area contributed by atoms with Crippen molar-refractivity contribution in [2.45, 2.75) is 13.5 Å². The van der Waals surface area contributed by atoms with Gasteiger partial charge in [0.1, 0.15) is 17.3 Å². The molecule has 172 valence electrons. The molecule has 0 unspecified atom stereocenters. The first-order valence-corrected chi connectivity index (χ1v) is 11.3. The minimum atomic E-state index is -0.393. The number of piperazine rings is 1. The van der Waals surface area contributed by atoms with E-state index >= 15 is 0 Å². The first-order valence-electron chi connectivity index (χ1n) is 10.8. The third-order valence-corrected chi connectivity index (χ3v) is 6.10. The van der Waals surface area contributed by atoms with Crippen LogP contribution in [-0.2, 0) is 11.3 Å². The third kappa shape index (κ3) is 4.45. The van der Waals surface area contributed by atoms with Gasteiger partial charge in [-0.3, -0.25) is 19.1 Å². The molecule has 4 rings (SSSR count). The summed E-state index contributed by atoms with van der Waals surface area (Å²) in [5, 5.41) is 10.7. The van der Waals surface area contributed by atoms with E-state index in [9.17, 15) is 14.9 Å². The van der Waals surface area contributed by atoms with Crippen LogP contribution >= 0.6 is 12.6 Å². The van der Waals surface area contributed by atoms with Crippen molar-refractivity contribution in [2.75, 3.05) is 31.1 Å². The fourth-order valence-electron chi connectivity index (χ4n) is 4.15. The zero-order chi connectivity index (χ0) is 24.2. The van der Waals surface area contributed by atoms with Crippen LogP contribution in [0.3, 0.4) is 0 Å². The molecule has 0 saturated carbocycles. The molecular weight excluding hydrogens is 448 g/mol. The Bertz CT molecular complexity index is 1380. The molecule has 1 aliphatic heterocycles. The van der Waals surface area contributed by atoms with E-state index in [0.717, 1.165) is 16.5 Å². The van der Waals surface area contributed by atoms with E-state index in [4.69, 9.17) is 0 Å². The van der Waals surface area contributed by atoms with Crippen molar-refractivity contribution in [1.82, 2.24) is 19.4 Å². The van der Waals surface area contributed by atoms with E-state index in [0.29, 0.717) is 42.4 Å². The van der Waals surface area contributed by atoms with Gasteiger partial charge in [0.2, 0.25) is 0 Å². The lowest BCUT2D eigenvalue weighted by Gasteiger charge is -2.37. The average molecular weight is 473 g/mol. The first-order chi connectivity index (χ1) is 16.4. The summed E-state index contributed by atoms with van der Waals surface area (Å²) in [6, 6.07) is 7.78. The average Bonchev–Trinajstić information content (AvgIpc) is 2.85. The van der Waals surface area contributed by atoms with Gasteiger partial charge in [0, 0.05) is 50.2 Å². The predicted octanol–water partition coefficient (Wildman–Crippen LogP) is 2.67. The maximum Gasteiger partial charge on any atom is 0.272 e. The van der Waals surface area contributed by atoms with Crippen molar-refractivity contribution in [2.24, 2.45) is 0 Å². The topological polar surface area (TPSA) is 95.1 Å². The molecule has 0 aliphatic carbocycles. The van der Waals surface area contributed by atoms with Gasteiger partial charge in [-0.15, -0.1) is 12.6 Å². The number of carbonyl (C=O) groups is 1. The molecule has 0 atom stereocenters. The summed E-state index contributed by atoms with van der Waals surface area (Å²) < 4.78 is 1.53. The van der Waals surface area contributed by atoms with Crippen molar-refractivity contribution in [1.29, 1.82) is 5.26 Å². The Balaban J connectivity index is 1.76. The summed E-state index contributed by atoms with van der Waals surface area (Å²) in [6.45, 7) is 7.63. The van der Waals surface area contributed by atoms with E-state index in [1.807, 2.05) is 24.0 Å². The number of rotatable bonds is 5. The Morgan fingerprint density at radius 2 is 2.06 bits per heavy atom. The van der Waals surface area contributed by atoms with Gasteiger partial charge in [-0.1, -0.05) is 18.7 Å². The molecule has 1 amide bonds. The standard InChI is InChI=1S/C25H24N6O2S/c1-3-5-21(34)25(33)30-10-8-29(9-11-30)22-19-12-17(2)14-28-23(19)31(24(32)20(22)13-26)16-18-6-4-7-27-15-18/h3-7,12,14-15,34H,1,8-11,16H2,2H3/b21-5-. The Labute approximate surface area is 202 Å². The van der Waals surface area contributed by atoms with Crippen LogP contribution in [0.5, 0.6) is 0 Å². The Kier molecular flexibility index (Phi) is 6.80. The van der Waals surface area contributed by atoms with E-state index < -0.39 is 5.56 Å². The number of nitrogens with zero attached hydrogens (tertiary/aromatic N) is 6. The zero-order valence-electron chi connectivity index (χ0n) is 18.8. The fraction of sp³-hybridized carbons (Fsp3) is 0.240. The summed E-state index contributed by atoms with van der Waals surface area (Å²) in [4.78, 5) is 38.8. The number of amides is 1. The Hall–Kier alpha value is -3.90. The van der Waals surface area contributed by atoms with E-state index in [-0.39, 0.29) is 18.0 Å². The fourth-order valence-corrected chi connectivity index (χ4v) is 4.39. The third-order valence-electron chi connectivity index (χ3n) is 5.76. The van der Waals surface area contributed by atoms with Crippen molar-refractivity contribution >= 4 is 35.3 Å². The quantitative estimate of drug-likeness (QED) is 0.349. The number of nitriles is 1. The number of allylic oxidation sites excluding steroid dienone is 2. The molecule has 0 radical (unpaired) electrons. The minimum Gasteiger partial charge on any atom is -0.366 e. The number of aromatic nitrogens is 3. The molecule has 0 spiro atoms. The number of carbonyl (C=O) groups excluding carboxylic acids is 1. The second kappa shape index (κ2) is 9.93. The molecule has 0 aromatic carbocycles. The van der Waals surface area contributed by atoms with Gasteiger partial charge < -0.3 is 9.80 Å². The zero-order valence-corrected chi connectivity index (χ0v) is 19.7. The maximum atomic E-state index is 13.5. The first kappa shape index (κ1) is 23.3. The number of anilines is 1. The lowest BCUT2D eigenvalue weighted by atomic mass is 10.1. The maximum absolute atomic E-state index is 13.5. The van der Waals surface area contributed by atoms with E-state index in [2.05, 4.69) is 35.2 Å². The van der Waals surface area contributed by atoms with E-state index in [1.54, 1.807) is 35.6 Å². The van der Waals surface area contributed by atoms with Gasteiger partial charge in [-0.25, -0.2) is 4.98 Å². The highest BCUT2D eigenvalue weighted by Gasteiger charge is 2.27.